The van der Waals surface area contributed by atoms with Gasteiger partial charge in [0.1, 0.15) is 0 Å². The van der Waals surface area contributed by atoms with Gasteiger partial charge in [0, 0.05) is 6.61 Å². The van der Waals surface area contributed by atoms with Crippen LogP contribution in [0.25, 0.3) is 0 Å². The van der Waals surface area contributed by atoms with Crippen LogP contribution in [0.5, 0.6) is 0 Å². The quantitative estimate of drug-likeness (QED) is 0.387. The van der Waals surface area contributed by atoms with Crippen molar-refractivity contribution < 1.29 is 37.4 Å². The summed E-state index contributed by atoms with van der Waals surface area (Å²) in [4.78, 5) is 1.76. The molecular weight excluding hydrogens is 191 g/mol. The molecule has 0 N–H and O–H groups in total. The van der Waals surface area contributed by atoms with Crippen LogP contribution in [-0.2, 0) is 37.4 Å². The van der Waals surface area contributed by atoms with E-state index in [4.69, 9.17) is 4.74 Å². The molecule has 0 aliphatic carbocycles. The molecule has 0 unspecified atom stereocenters. The maximum absolute atomic E-state index is 5.11. The molecule has 0 aliphatic heterocycles. The molecule has 0 radical (unpaired) electrons. The summed E-state index contributed by atoms with van der Waals surface area (Å²) in [6.07, 6.45) is 1.08. The third kappa shape index (κ3) is 12.3. The first kappa shape index (κ1) is 12.7. The van der Waals surface area contributed by atoms with Gasteiger partial charge in [0.2, 0.25) is 0 Å². The van der Waals surface area contributed by atoms with Crippen molar-refractivity contribution in [3.8, 4) is 0 Å². The van der Waals surface area contributed by atoms with Crippen molar-refractivity contribution in [3.63, 3.8) is 0 Å². The maximum Gasteiger partial charge on any atom is 3.00 e. The number of hydrogen-bond acceptors (Lipinski definition) is 2. The van der Waals surface area contributed by atoms with E-state index in [9.17, 15) is 0 Å². The number of ether oxygens (including phenoxy) is 1. The summed E-state index contributed by atoms with van der Waals surface area (Å²) in [5, 5.41) is 0. The van der Waals surface area contributed by atoms with E-state index in [-0.39, 0.29) is 32.7 Å². The van der Waals surface area contributed by atoms with Crippen molar-refractivity contribution in [2.24, 2.45) is 0 Å². The van der Waals surface area contributed by atoms with E-state index in [1.165, 1.54) is 0 Å². The first-order chi connectivity index (χ1) is 3.77. The molecule has 0 atom stereocenters. The molecule has 0 heterocycles. The summed E-state index contributed by atoms with van der Waals surface area (Å²) in [5.41, 5.74) is 0. The zero-order chi connectivity index (χ0) is 6.41. The van der Waals surface area contributed by atoms with E-state index < -0.39 is 0 Å². The predicted molar refractivity (Wildman–Crippen MR) is 34.2 cm³/mol. The molecule has 0 bridgehead atoms. The van der Waals surface area contributed by atoms with Gasteiger partial charge in [0.05, 0.1) is 6.73 Å². The number of nitrogens with zero attached hydrogens (tertiary/aromatic N) is 1. The van der Waals surface area contributed by atoms with Crippen LogP contribution in [0.4, 0.5) is 0 Å². The van der Waals surface area contributed by atoms with Crippen molar-refractivity contribution in [1.29, 1.82) is 0 Å². The molecule has 9 heavy (non-hydrogen) atoms. The van der Waals surface area contributed by atoms with Gasteiger partial charge in [-0.2, -0.15) is 0 Å². The van der Waals surface area contributed by atoms with Gasteiger partial charge in [-0.25, -0.2) is 0 Å². The van der Waals surface area contributed by atoms with E-state index in [1.54, 1.807) is 4.90 Å². The van der Waals surface area contributed by atoms with Gasteiger partial charge in [-0.05, 0) is 13.5 Å². The topological polar surface area (TPSA) is 12.5 Å². The Morgan fingerprint density at radius 3 is 2.44 bits per heavy atom. The second-order valence-electron chi connectivity index (χ2n) is 1.89. The third-order valence-corrected chi connectivity index (χ3v) is 0.660. The van der Waals surface area contributed by atoms with Crippen molar-refractivity contribution in [1.82, 2.24) is 4.90 Å². The minimum Gasteiger partial charge on any atom is -0.440 e. The molecule has 0 spiro atoms. The van der Waals surface area contributed by atoms with Crippen molar-refractivity contribution in [2.45, 2.75) is 13.3 Å². The Kier molecular flexibility index (Phi) is 12.7. The Morgan fingerprint density at radius 1 is 1.56 bits per heavy atom. The average Bonchev–Trinajstić information content (AvgIpc) is 1.66. The van der Waals surface area contributed by atoms with E-state index >= 15 is 0 Å². The fraction of sp³-hybridized carbons (Fsp3) is 0.833. The van der Waals surface area contributed by atoms with Crippen LogP contribution in [0, 0.1) is 7.05 Å². The van der Waals surface area contributed by atoms with Crippen LogP contribution >= 0.6 is 0 Å². The number of rotatable bonds is 4. The molecule has 3 heteroatoms. The molecule has 0 aliphatic rings. The minimum atomic E-state index is 0. The Morgan fingerprint density at radius 2 is 2.11 bits per heavy atom. The first-order valence-corrected chi connectivity index (χ1v) is 2.86. The van der Waals surface area contributed by atoms with Crippen LogP contribution in [0.15, 0.2) is 0 Å². The molecular formula is C6H14NOY+2. The smallest absolute Gasteiger partial charge is 0.440 e. The average molecular weight is 205 g/mol. The predicted octanol–water partition coefficient (Wildman–Crippen LogP) is 1.09. The molecule has 0 aromatic rings. The van der Waals surface area contributed by atoms with Gasteiger partial charge >= 0.3 is 32.7 Å². The zero-order valence-corrected chi connectivity index (χ0v) is 9.10. The number of hydrogen-bond donors (Lipinski definition) is 0. The summed E-state index contributed by atoms with van der Waals surface area (Å²) in [7, 11) is 5.50. The van der Waals surface area contributed by atoms with Crippen LogP contribution in [0.2, 0.25) is 0 Å². The van der Waals surface area contributed by atoms with Crippen LogP contribution < -0.4 is 0 Å². The summed E-state index contributed by atoms with van der Waals surface area (Å²) < 4.78 is 5.11. The molecule has 0 saturated carbocycles. The van der Waals surface area contributed by atoms with Gasteiger partial charge in [-0.3, -0.25) is 7.05 Å². The van der Waals surface area contributed by atoms with Gasteiger partial charge in [-0.15, -0.1) is 0 Å². The third-order valence-electron chi connectivity index (χ3n) is 0.660. The fourth-order valence-electron chi connectivity index (χ4n) is 0.365. The summed E-state index contributed by atoms with van der Waals surface area (Å²) in [5.74, 6) is 0. The minimum absolute atomic E-state index is 0. The zero-order valence-electron chi connectivity index (χ0n) is 6.26. The van der Waals surface area contributed by atoms with Crippen molar-refractivity contribution in [3.05, 3.63) is 7.05 Å². The molecule has 0 aromatic heterocycles. The Labute approximate surface area is 82.8 Å². The standard InChI is InChI=1S/C6H14NO.Y/c1-4-5-8-6-7(2)3;/h2,4-6H2,1,3H3;/q-1;+3. The SMILES string of the molecule is [CH2-]N(C)COCCC.[Y+3]. The van der Waals surface area contributed by atoms with Crippen LogP contribution in [-0.4, -0.2) is 25.3 Å². The van der Waals surface area contributed by atoms with Crippen LogP contribution in [0.1, 0.15) is 13.3 Å². The van der Waals surface area contributed by atoms with Crippen molar-refractivity contribution in [2.75, 3.05) is 20.4 Å². The Hall–Kier alpha value is 1.02. The van der Waals surface area contributed by atoms with Gasteiger partial charge < -0.3 is 9.64 Å². The molecule has 2 nitrogen and oxygen atoms in total. The van der Waals surface area contributed by atoms with Crippen LogP contribution in [0.3, 0.4) is 0 Å². The van der Waals surface area contributed by atoms with Gasteiger partial charge in [0.15, 0.2) is 0 Å². The summed E-state index contributed by atoms with van der Waals surface area (Å²) in [6.45, 7) is 3.55. The van der Waals surface area contributed by atoms with Crippen molar-refractivity contribution >= 4 is 0 Å². The molecule has 0 fully saturated rings. The Balaban J connectivity index is 0. The van der Waals surface area contributed by atoms with E-state index in [0.29, 0.717) is 6.73 Å². The first-order valence-electron chi connectivity index (χ1n) is 2.86. The van der Waals surface area contributed by atoms with E-state index in [1.807, 2.05) is 7.05 Å². The summed E-state index contributed by atoms with van der Waals surface area (Å²) >= 11 is 0. The Bertz CT molecular complexity index is 50.3. The molecule has 0 amide bonds. The van der Waals surface area contributed by atoms with Gasteiger partial charge in [-0.1, -0.05) is 6.92 Å². The normalized spacial score (nSPS) is 9.33. The largest absolute Gasteiger partial charge is 3.00 e. The second-order valence-corrected chi connectivity index (χ2v) is 1.89. The van der Waals surface area contributed by atoms with E-state index in [0.717, 1.165) is 13.0 Å². The second kappa shape index (κ2) is 9.02. The maximum atomic E-state index is 5.11. The molecule has 0 saturated heterocycles. The fourth-order valence-corrected chi connectivity index (χ4v) is 0.365. The molecule has 0 aromatic carbocycles. The summed E-state index contributed by atoms with van der Waals surface area (Å²) in [6, 6.07) is 0. The van der Waals surface area contributed by atoms with E-state index in [2.05, 4.69) is 14.0 Å². The molecule has 50 valence electrons. The monoisotopic (exact) mass is 205 g/mol. The van der Waals surface area contributed by atoms with Gasteiger partial charge in [0.25, 0.3) is 0 Å². The molecule has 0 rings (SSSR count).